The first-order valence-electron chi connectivity index (χ1n) is 7.69. The number of hydrogen-bond donors (Lipinski definition) is 1. The Kier molecular flexibility index (Phi) is 4.70. The fourth-order valence-corrected chi connectivity index (χ4v) is 2.75. The summed E-state index contributed by atoms with van der Waals surface area (Å²) in [6, 6.07) is 1.04. The third-order valence-corrected chi connectivity index (χ3v) is 3.95. The Morgan fingerprint density at radius 1 is 1.29 bits per heavy atom. The van der Waals surface area contributed by atoms with Crippen molar-refractivity contribution in [3.05, 3.63) is 35.9 Å². The van der Waals surface area contributed by atoms with Crippen molar-refractivity contribution in [1.29, 1.82) is 0 Å². The van der Waals surface area contributed by atoms with Crippen LogP contribution in [0.5, 0.6) is 0 Å². The molecule has 24 heavy (non-hydrogen) atoms. The van der Waals surface area contributed by atoms with Crippen LogP contribution in [-0.2, 0) is 12.7 Å². The zero-order valence-corrected chi connectivity index (χ0v) is 13.2. The molecule has 6 nitrogen and oxygen atoms in total. The molecule has 1 N–H and O–H groups in total. The second-order valence-corrected chi connectivity index (χ2v) is 5.84. The monoisotopic (exact) mass is 341 g/mol. The summed E-state index contributed by atoms with van der Waals surface area (Å²) in [5.41, 5.74) is -0.0385. The maximum absolute atomic E-state index is 12.7. The molecule has 0 spiro atoms. The smallest absolute Gasteiger partial charge is 0.433 e. The molecule has 1 saturated heterocycles. The molecule has 1 aliphatic rings. The van der Waals surface area contributed by atoms with Gasteiger partial charge in [-0.25, -0.2) is 15.0 Å². The number of aromatic nitrogens is 3. The predicted molar refractivity (Wildman–Crippen MR) is 80.2 cm³/mol. The number of piperidine rings is 1. The lowest BCUT2D eigenvalue weighted by molar-refractivity contribution is -0.141. The van der Waals surface area contributed by atoms with Crippen molar-refractivity contribution in [2.75, 3.05) is 18.4 Å². The lowest BCUT2D eigenvalue weighted by atomic mass is 10.0. The summed E-state index contributed by atoms with van der Waals surface area (Å²) >= 11 is 0. The summed E-state index contributed by atoms with van der Waals surface area (Å²) in [7, 11) is 0. The average molecular weight is 341 g/mol. The molecule has 0 radical (unpaired) electrons. The van der Waals surface area contributed by atoms with Crippen LogP contribution in [0, 0.1) is 6.92 Å². The normalized spacial score (nSPS) is 17.2. The summed E-state index contributed by atoms with van der Waals surface area (Å²) in [6.45, 7) is 4.19. The van der Waals surface area contributed by atoms with E-state index in [4.69, 9.17) is 4.42 Å². The Hall–Kier alpha value is -2.16. The van der Waals surface area contributed by atoms with E-state index in [1.165, 1.54) is 0 Å². The molecule has 2 aromatic heterocycles. The number of likely N-dealkylation sites (tertiary alicyclic amines) is 1. The fourth-order valence-electron chi connectivity index (χ4n) is 2.75. The van der Waals surface area contributed by atoms with Crippen LogP contribution >= 0.6 is 0 Å². The van der Waals surface area contributed by atoms with Crippen LogP contribution in [0.3, 0.4) is 0 Å². The van der Waals surface area contributed by atoms with Crippen molar-refractivity contribution in [3.63, 3.8) is 0 Å². The Labute approximate surface area is 137 Å². The molecule has 3 rings (SSSR count). The van der Waals surface area contributed by atoms with Crippen LogP contribution in [0.2, 0.25) is 0 Å². The van der Waals surface area contributed by atoms with E-state index in [-0.39, 0.29) is 11.9 Å². The molecule has 1 aliphatic heterocycles. The van der Waals surface area contributed by atoms with E-state index >= 15 is 0 Å². The van der Waals surface area contributed by atoms with Crippen LogP contribution in [-0.4, -0.2) is 39.0 Å². The van der Waals surface area contributed by atoms with Crippen molar-refractivity contribution in [2.45, 2.75) is 38.5 Å². The molecule has 0 aromatic carbocycles. The lowest BCUT2D eigenvalue weighted by Gasteiger charge is -2.32. The standard InChI is InChI=1S/C15H18F3N5O/c1-10-21-12(8-24-10)7-23-4-2-11(3-5-23)22-14-6-13(15(16,17)18)19-9-20-14/h6,8-9,11H,2-5,7H2,1H3,(H,19,20,22). The van der Waals surface area contributed by atoms with Crippen LogP contribution in [0.1, 0.15) is 30.1 Å². The molecule has 0 amide bonds. The van der Waals surface area contributed by atoms with E-state index in [0.717, 1.165) is 50.6 Å². The molecular formula is C15H18F3N5O. The first-order chi connectivity index (χ1) is 11.4. The van der Waals surface area contributed by atoms with Crippen LogP contribution < -0.4 is 5.32 Å². The van der Waals surface area contributed by atoms with Crippen molar-refractivity contribution < 1.29 is 17.6 Å². The Bertz CT molecular complexity index is 680. The highest BCUT2D eigenvalue weighted by atomic mass is 19.4. The lowest BCUT2D eigenvalue weighted by Crippen LogP contribution is -2.38. The molecule has 1 fully saturated rings. The third-order valence-electron chi connectivity index (χ3n) is 3.95. The maximum Gasteiger partial charge on any atom is 0.433 e. The molecule has 0 bridgehead atoms. The van der Waals surface area contributed by atoms with Gasteiger partial charge in [0.2, 0.25) is 0 Å². The molecule has 130 valence electrons. The molecule has 0 atom stereocenters. The third kappa shape index (κ3) is 4.22. The van der Waals surface area contributed by atoms with Crippen LogP contribution in [0.15, 0.2) is 23.1 Å². The van der Waals surface area contributed by atoms with E-state index in [2.05, 4.69) is 25.2 Å². The van der Waals surface area contributed by atoms with E-state index in [0.29, 0.717) is 5.89 Å². The molecule has 0 saturated carbocycles. The van der Waals surface area contributed by atoms with Gasteiger partial charge in [0, 0.05) is 38.7 Å². The number of nitrogens with zero attached hydrogens (tertiary/aromatic N) is 4. The molecular weight excluding hydrogens is 323 g/mol. The SMILES string of the molecule is Cc1nc(CN2CCC(Nc3cc(C(F)(F)F)ncn3)CC2)co1. The molecule has 3 heterocycles. The quantitative estimate of drug-likeness (QED) is 0.922. The van der Waals surface area contributed by atoms with E-state index in [1.54, 1.807) is 13.2 Å². The van der Waals surface area contributed by atoms with Gasteiger partial charge in [0.25, 0.3) is 0 Å². The predicted octanol–water partition coefficient (Wildman–Crippen LogP) is 2.87. The number of oxazole rings is 1. The largest absolute Gasteiger partial charge is 0.449 e. The summed E-state index contributed by atoms with van der Waals surface area (Å²) in [5, 5.41) is 3.07. The van der Waals surface area contributed by atoms with Gasteiger partial charge in [-0.1, -0.05) is 0 Å². The minimum Gasteiger partial charge on any atom is -0.449 e. The van der Waals surface area contributed by atoms with Gasteiger partial charge in [0.1, 0.15) is 24.1 Å². The summed E-state index contributed by atoms with van der Waals surface area (Å²) in [6.07, 6.45) is -0.227. The molecule has 0 aliphatic carbocycles. The molecule has 2 aromatic rings. The van der Waals surface area contributed by atoms with Gasteiger partial charge in [-0.3, -0.25) is 4.90 Å². The van der Waals surface area contributed by atoms with Gasteiger partial charge in [0.15, 0.2) is 5.89 Å². The molecule has 0 unspecified atom stereocenters. The minimum atomic E-state index is -4.46. The minimum absolute atomic E-state index is 0.0938. The first-order valence-corrected chi connectivity index (χ1v) is 7.69. The van der Waals surface area contributed by atoms with Crippen LogP contribution in [0.4, 0.5) is 19.0 Å². The van der Waals surface area contributed by atoms with Gasteiger partial charge in [-0.15, -0.1) is 0 Å². The number of hydrogen-bond acceptors (Lipinski definition) is 6. The zero-order chi connectivity index (χ0) is 17.2. The zero-order valence-electron chi connectivity index (χ0n) is 13.2. The second kappa shape index (κ2) is 6.76. The topological polar surface area (TPSA) is 67.1 Å². The van der Waals surface area contributed by atoms with E-state index in [1.807, 2.05) is 0 Å². The van der Waals surface area contributed by atoms with Gasteiger partial charge in [-0.2, -0.15) is 13.2 Å². The van der Waals surface area contributed by atoms with Gasteiger partial charge >= 0.3 is 6.18 Å². The maximum atomic E-state index is 12.7. The average Bonchev–Trinajstić information content (AvgIpc) is 2.94. The number of nitrogens with one attached hydrogen (secondary N) is 1. The number of anilines is 1. The van der Waals surface area contributed by atoms with Crippen LogP contribution in [0.25, 0.3) is 0 Å². The van der Waals surface area contributed by atoms with Gasteiger partial charge < -0.3 is 9.73 Å². The number of rotatable bonds is 4. The summed E-state index contributed by atoms with van der Waals surface area (Å²) in [5.74, 6) is 0.855. The Balaban J connectivity index is 1.52. The first kappa shape index (κ1) is 16.7. The Morgan fingerprint density at radius 3 is 2.67 bits per heavy atom. The highest BCUT2D eigenvalue weighted by molar-refractivity contribution is 5.36. The van der Waals surface area contributed by atoms with Gasteiger partial charge in [-0.05, 0) is 12.8 Å². The van der Waals surface area contributed by atoms with E-state index in [9.17, 15) is 13.2 Å². The Morgan fingerprint density at radius 2 is 2.04 bits per heavy atom. The van der Waals surface area contributed by atoms with Crippen molar-refractivity contribution >= 4 is 5.82 Å². The van der Waals surface area contributed by atoms with Crippen molar-refractivity contribution in [1.82, 2.24) is 19.9 Å². The summed E-state index contributed by atoms with van der Waals surface area (Å²) < 4.78 is 43.2. The van der Waals surface area contributed by atoms with E-state index < -0.39 is 11.9 Å². The summed E-state index contributed by atoms with van der Waals surface area (Å²) in [4.78, 5) is 13.7. The number of alkyl halides is 3. The second-order valence-electron chi connectivity index (χ2n) is 5.84. The molecule has 9 heteroatoms. The highest BCUT2D eigenvalue weighted by Crippen LogP contribution is 2.28. The highest BCUT2D eigenvalue weighted by Gasteiger charge is 2.33. The fraction of sp³-hybridized carbons (Fsp3) is 0.533. The van der Waals surface area contributed by atoms with Crippen molar-refractivity contribution in [2.24, 2.45) is 0 Å². The van der Waals surface area contributed by atoms with Crippen molar-refractivity contribution in [3.8, 4) is 0 Å². The van der Waals surface area contributed by atoms with Gasteiger partial charge in [0.05, 0.1) is 5.69 Å². The number of halogens is 3. The number of aryl methyl sites for hydroxylation is 1.